The lowest BCUT2D eigenvalue weighted by molar-refractivity contribution is -0.135. The van der Waals surface area contributed by atoms with E-state index in [1.165, 1.54) is 18.1 Å². The van der Waals surface area contributed by atoms with Crippen LogP contribution in [0.5, 0.6) is 0 Å². The number of carbonyl (C=O) groups is 3. The summed E-state index contributed by atoms with van der Waals surface area (Å²) in [4.78, 5) is 37.6. The molecule has 2 atom stereocenters. The SMILES string of the molecule is COC(=O)/C=C/[C@@H](CC(=O)[C@@H]1CCN1C(=O)OC(C)(C)C)CC(C)C. The summed E-state index contributed by atoms with van der Waals surface area (Å²) < 4.78 is 9.95. The fourth-order valence-corrected chi connectivity index (χ4v) is 2.77. The Hall–Kier alpha value is -1.85. The minimum Gasteiger partial charge on any atom is -0.466 e. The molecule has 1 aliphatic heterocycles. The van der Waals surface area contributed by atoms with Crippen LogP contribution in [-0.4, -0.2) is 48.0 Å². The lowest BCUT2D eigenvalue weighted by Crippen LogP contribution is -2.56. The summed E-state index contributed by atoms with van der Waals surface area (Å²) in [6.45, 7) is 10.1. The summed E-state index contributed by atoms with van der Waals surface area (Å²) in [5, 5.41) is 0. The van der Waals surface area contributed by atoms with Crippen LogP contribution in [-0.2, 0) is 19.1 Å². The van der Waals surface area contributed by atoms with Crippen LogP contribution in [0.1, 0.15) is 53.9 Å². The molecule has 1 heterocycles. The molecule has 142 valence electrons. The van der Waals surface area contributed by atoms with Gasteiger partial charge in [-0.15, -0.1) is 0 Å². The number of likely N-dealkylation sites (tertiary alicyclic amines) is 1. The zero-order valence-corrected chi connectivity index (χ0v) is 16.2. The van der Waals surface area contributed by atoms with Gasteiger partial charge in [0, 0.05) is 19.0 Å². The highest BCUT2D eigenvalue weighted by atomic mass is 16.6. The van der Waals surface area contributed by atoms with E-state index in [4.69, 9.17) is 4.74 Å². The summed E-state index contributed by atoms with van der Waals surface area (Å²) in [5.41, 5.74) is -0.580. The first kappa shape index (κ1) is 21.2. The Morgan fingerprint density at radius 2 is 1.88 bits per heavy atom. The monoisotopic (exact) mass is 353 g/mol. The van der Waals surface area contributed by atoms with E-state index in [2.05, 4.69) is 18.6 Å². The molecule has 0 N–H and O–H groups in total. The minimum absolute atomic E-state index is 0.0114. The quantitative estimate of drug-likeness (QED) is 0.518. The normalized spacial score (nSPS) is 18.8. The molecular weight excluding hydrogens is 322 g/mol. The van der Waals surface area contributed by atoms with Gasteiger partial charge >= 0.3 is 12.1 Å². The van der Waals surface area contributed by atoms with E-state index in [0.717, 1.165) is 6.42 Å². The molecule has 1 aliphatic rings. The van der Waals surface area contributed by atoms with Gasteiger partial charge in [-0.3, -0.25) is 9.69 Å². The number of hydrogen-bond acceptors (Lipinski definition) is 5. The van der Waals surface area contributed by atoms with E-state index >= 15 is 0 Å². The maximum Gasteiger partial charge on any atom is 0.410 e. The number of ketones is 1. The molecule has 1 saturated heterocycles. The lowest BCUT2D eigenvalue weighted by Gasteiger charge is -2.40. The van der Waals surface area contributed by atoms with Crippen LogP contribution in [0, 0.1) is 11.8 Å². The van der Waals surface area contributed by atoms with Crippen molar-refractivity contribution in [2.24, 2.45) is 11.8 Å². The highest BCUT2D eigenvalue weighted by molar-refractivity contribution is 5.89. The molecule has 0 spiro atoms. The molecule has 6 heteroatoms. The van der Waals surface area contributed by atoms with Crippen LogP contribution in [0.2, 0.25) is 0 Å². The highest BCUT2D eigenvalue weighted by Crippen LogP contribution is 2.26. The number of esters is 1. The summed E-state index contributed by atoms with van der Waals surface area (Å²) in [7, 11) is 1.32. The van der Waals surface area contributed by atoms with Gasteiger partial charge in [0.25, 0.3) is 0 Å². The van der Waals surface area contributed by atoms with Gasteiger partial charge in [0.15, 0.2) is 5.78 Å². The Bertz CT molecular complexity index is 518. The molecule has 0 aromatic rings. The van der Waals surface area contributed by atoms with Gasteiger partial charge in [0.1, 0.15) is 5.60 Å². The fraction of sp³-hybridized carbons (Fsp3) is 0.737. The van der Waals surface area contributed by atoms with Crippen molar-refractivity contribution in [2.75, 3.05) is 13.7 Å². The number of ether oxygens (including phenoxy) is 2. The van der Waals surface area contributed by atoms with Gasteiger partial charge in [-0.25, -0.2) is 9.59 Å². The van der Waals surface area contributed by atoms with E-state index in [-0.39, 0.29) is 11.7 Å². The molecule has 0 saturated carbocycles. The van der Waals surface area contributed by atoms with E-state index < -0.39 is 23.7 Å². The first-order valence-electron chi connectivity index (χ1n) is 8.82. The van der Waals surface area contributed by atoms with Crippen LogP contribution in [0.3, 0.4) is 0 Å². The number of nitrogens with zero attached hydrogens (tertiary/aromatic N) is 1. The van der Waals surface area contributed by atoms with Crippen molar-refractivity contribution < 1.29 is 23.9 Å². The molecular formula is C19H31NO5. The average molecular weight is 353 g/mol. The Balaban J connectivity index is 2.68. The van der Waals surface area contributed by atoms with Gasteiger partial charge in [0.05, 0.1) is 13.2 Å². The van der Waals surface area contributed by atoms with E-state index in [9.17, 15) is 14.4 Å². The number of hydrogen-bond donors (Lipinski definition) is 0. The predicted molar refractivity (Wildman–Crippen MR) is 95.1 cm³/mol. The zero-order chi connectivity index (χ0) is 19.2. The van der Waals surface area contributed by atoms with Gasteiger partial charge in [-0.1, -0.05) is 19.9 Å². The van der Waals surface area contributed by atoms with Crippen LogP contribution in [0.15, 0.2) is 12.2 Å². The van der Waals surface area contributed by atoms with Crippen molar-refractivity contribution >= 4 is 17.8 Å². The second kappa shape index (κ2) is 9.02. The van der Waals surface area contributed by atoms with Gasteiger partial charge in [0.2, 0.25) is 0 Å². The topological polar surface area (TPSA) is 72.9 Å². The van der Waals surface area contributed by atoms with Crippen molar-refractivity contribution in [2.45, 2.75) is 65.5 Å². The van der Waals surface area contributed by atoms with Crippen molar-refractivity contribution in [3.05, 3.63) is 12.2 Å². The van der Waals surface area contributed by atoms with Crippen molar-refractivity contribution in [1.29, 1.82) is 0 Å². The molecule has 0 bridgehead atoms. The van der Waals surface area contributed by atoms with Gasteiger partial charge < -0.3 is 9.47 Å². The van der Waals surface area contributed by atoms with Gasteiger partial charge in [-0.2, -0.15) is 0 Å². The van der Waals surface area contributed by atoms with E-state index in [0.29, 0.717) is 25.3 Å². The molecule has 1 rings (SSSR count). The standard InChI is InChI=1S/C19H31NO5/c1-13(2)11-14(7-8-17(22)24-6)12-16(21)15-9-10-20(15)18(23)25-19(3,4)5/h7-8,13-15H,9-12H2,1-6H3/b8-7+/t14-,15+/m1/s1. The van der Waals surface area contributed by atoms with E-state index in [1.807, 2.05) is 0 Å². The third-order valence-electron chi connectivity index (χ3n) is 3.96. The van der Waals surface area contributed by atoms with Crippen molar-refractivity contribution in [1.82, 2.24) is 4.90 Å². The third-order valence-corrected chi connectivity index (χ3v) is 3.96. The predicted octanol–water partition coefficient (Wildman–Crippen LogP) is 3.35. The van der Waals surface area contributed by atoms with E-state index in [1.54, 1.807) is 26.8 Å². The highest BCUT2D eigenvalue weighted by Gasteiger charge is 2.39. The Kier molecular flexibility index (Phi) is 7.64. The van der Waals surface area contributed by atoms with Gasteiger partial charge in [-0.05, 0) is 45.4 Å². The lowest BCUT2D eigenvalue weighted by atomic mass is 9.87. The molecule has 0 radical (unpaired) electrons. The van der Waals surface area contributed by atoms with Crippen LogP contribution < -0.4 is 0 Å². The minimum atomic E-state index is -0.580. The molecule has 1 amide bonds. The number of Topliss-reactive ketones (excluding diaryl/α,β-unsaturated/α-hetero) is 1. The second-order valence-electron chi connectivity index (χ2n) is 7.92. The number of rotatable bonds is 7. The van der Waals surface area contributed by atoms with Crippen molar-refractivity contribution in [3.63, 3.8) is 0 Å². The molecule has 1 fully saturated rings. The molecule has 6 nitrogen and oxygen atoms in total. The average Bonchev–Trinajstić information content (AvgIpc) is 2.40. The zero-order valence-electron chi connectivity index (χ0n) is 16.2. The summed E-state index contributed by atoms with van der Waals surface area (Å²) in [5.74, 6) is -0.0753. The van der Waals surface area contributed by atoms with Crippen LogP contribution in [0.25, 0.3) is 0 Å². The Labute approximate surface area is 150 Å². The molecule has 0 aromatic heterocycles. The summed E-state index contributed by atoms with van der Waals surface area (Å²) in [6.07, 6.45) is 4.41. The Morgan fingerprint density at radius 1 is 1.24 bits per heavy atom. The molecule has 25 heavy (non-hydrogen) atoms. The van der Waals surface area contributed by atoms with Crippen LogP contribution in [0.4, 0.5) is 4.79 Å². The largest absolute Gasteiger partial charge is 0.466 e. The molecule has 0 unspecified atom stereocenters. The third kappa shape index (κ3) is 7.28. The van der Waals surface area contributed by atoms with Crippen molar-refractivity contribution in [3.8, 4) is 0 Å². The number of carbonyl (C=O) groups excluding carboxylic acids is 3. The first-order chi connectivity index (χ1) is 11.5. The molecule has 0 aromatic carbocycles. The Morgan fingerprint density at radius 3 is 2.32 bits per heavy atom. The first-order valence-corrected chi connectivity index (χ1v) is 8.82. The summed E-state index contributed by atoms with van der Waals surface area (Å²) >= 11 is 0. The number of methoxy groups -OCH3 is 1. The van der Waals surface area contributed by atoms with Crippen LogP contribution >= 0.6 is 0 Å². The smallest absolute Gasteiger partial charge is 0.410 e. The number of amides is 1. The number of allylic oxidation sites excluding steroid dienone is 1. The summed E-state index contributed by atoms with van der Waals surface area (Å²) in [6, 6.07) is -0.420. The maximum atomic E-state index is 12.6. The second-order valence-corrected chi connectivity index (χ2v) is 7.92. The molecule has 0 aliphatic carbocycles. The maximum absolute atomic E-state index is 12.6. The fourth-order valence-electron chi connectivity index (χ4n) is 2.77.